The van der Waals surface area contributed by atoms with E-state index in [1.54, 1.807) is 6.92 Å². The molecule has 0 amide bonds. The minimum atomic E-state index is -4.84. The third kappa shape index (κ3) is 2.54. The molecule has 20 heavy (non-hydrogen) atoms. The van der Waals surface area contributed by atoms with Gasteiger partial charge in [0.05, 0.1) is 15.7 Å². The van der Waals surface area contributed by atoms with Gasteiger partial charge in [-0.25, -0.2) is 4.79 Å². The van der Waals surface area contributed by atoms with Gasteiger partial charge in [-0.2, -0.15) is 13.2 Å². The lowest BCUT2D eigenvalue weighted by Crippen LogP contribution is -2.38. The number of hydrogen-bond donors (Lipinski definition) is 2. The quantitative estimate of drug-likeness (QED) is 0.843. The first-order valence-electron chi connectivity index (χ1n) is 5.29. The number of aliphatic hydroxyl groups excluding tert-OH is 1. The van der Waals surface area contributed by atoms with E-state index in [1.807, 2.05) is 4.98 Å². The fourth-order valence-corrected chi connectivity index (χ4v) is 3.39. The number of hydrogen-bond acceptors (Lipinski definition) is 4. The Kier molecular flexibility index (Phi) is 3.82. The van der Waals surface area contributed by atoms with Crippen LogP contribution in [0.1, 0.15) is 5.56 Å². The zero-order valence-corrected chi connectivity index (χ0v) is 12.3. The minimum Gasteiger partial charge on any atom is -0.382 e. The van der Waals surface area contributed by atoms with E-state index in [2.05, 4.69) is 15.9 Å². The molecule has 0 spiro atoms. The Hall–Kier alpha value is -1.13. The molecular formula is C10H8BrF3N2O3S. The van der Waals surface area contributed by atoms with Crippen molar-refractivity contribution in [2.24, 2.45) is 0 Å². The number of aromatic amines is 1. The summed E-state index contributed by atoms with van der Waals surface area (Å²) in [5, 5.41) is 9.22. The van der Waals surface area contributed by atoms with E-state index in [0.29, 0.717) is 9.35 Å². The van der Waals surface area contributed by atoms with Crippen LogP contribution in [0, 0.1) is 6.92 Å². The summed E-state index contributed by atoms with van der Waals surface area (Å²) in [6, 6.07) is 0. The van der Waals surface area contributed by atoms with Gasteiger partial charge in [0, 0.05) is 0 Å². The highest BCUT2D eigenvalue weighted by molar-refractivity contribution is 9.11. The molecule has 0 aliphatic carbocycles. The van der Waals surface area contributed by atoms with E-state index in [9.17, 15) is 22.8 Å². The number of H-pyrrole nitrogens is 1. The maximum absolute atomic E-state index is 12.4. The molecule has 1 atom stereocenters. The number of thiophene rings is 1. The molecule has 0 saturated heterocycles. The van der Waals surface area contributed by atoms with E-state index >= 15 is 0 Å². The third-order valence-corrected chi connectivity index (χ3v) is 4.92. The van der Waals surface area contributed by atoms with Gasteiger partial charge >= 0.3 is 11.9 Å². The number of fused-ring (bicyclic) bond motifs is 1. The van der Waals surface area contributed by atoms with E-state index in [0.717, 1.165) is 15.9 Å². The predicted octanol–water partition coefficient (Wildman–Crippen LogP) is 1.75. The summed E-state index contributed by atoms with van der Waals surface area (Å²) in [7, 11) is 0. The number of aryl methyl sites for hydroxylation is 1. The number of alkyl halides is 3. The van der Waals surface area contributed by atoms with Crippen molar-refractivity contribution in [3.8, 4) is 0 Å². The van der Waals surface area contributed by atoms with Crippen LogP contribution in [-0.2, 0) is 6.54 Å². The number of aromatic nitrogens is 2. The molecule has 2 aromatic rings. The topological polar surface area (TPSA) is 75.1 Å². The summed E-state index contributed by atoms with van der Waals surface area (Å²) in [5.41, 5.74) is -1.12. The summed E-state index contributed by atoms with van der Waals surface area (Å²) in [6.45, 7) is 0.634. The molecular weight excluding hydrogens is 365 g/mol. The van der Waals surface area contributed by atoms with Gasteiger partial charge in [-0.3, -0.25) is 14.3 Å². The average molecular weight is 373 g/mol. The van der Waals surface area contributed by atoms with E-state index in [1.165, 1.54) is 0 Å². The zero-order valence-electron chi connectivity index (χ0n) is 9.92. The monoisotopic (exact) mass is 372 g/mol. The number of halogens is 4. The van der Waals surface area contributed by atoms with Gasteiger partial charge in [-0.05, 0) is 28.4 Å². The fourth-order valence-electron chi connectivity index (χ4n) is 1.69. The smallest absolute Gasteiger partial charge is 0.382 e. The molecule has 2 rings (SSSR count). The van der Waals surface area contributed by atoms with Crippen molar-refractivity contribution in [3.05, 3.63) is 30.2 Å². The molecule has 0 aliphatic heterocycles. The van der Waals surface area contributed by atoms with E-state index in [4.69, 9.17) is 5.11 Å². The molecule has 2 heterocycles. The van der Waals surface area contributed by atoms with Gasteiger partial charge in [0.25, 0.3) is 5.56 Å². The number of rotatable bonds is 2. The first-order chi connectivity index (χ1) is 9.12. The maximum atomic E-state index is 12.4. The molecule has 0 aromatic carbocycles. The Labute approximate surface area is 121 Å². The van der Waals surface area contributed by atoms with Crippen molar-refractivity contribution in [1.29, 1.82) is 0 Å². The molecule has 0 radical (unpaired) electrons. The Morgan fingerprint density at radius 3 is 2.60 bits per heavy atom. The lowest BCUT2D eigenvalue weighted by atomic mass is 10.2. The highest BCUT2D eigenvalue weighted by atomic mass is 79.9. The van der Waals surface area contributed by atoms with Crippen LogP contribution in [0.25, 0.3) is 10.2 Å². The number of aliphatic hydroxyl groups is 1. The summed E-state index contributed by atoms with van der Waals surface area (Å²) < 4.78 is 38.4. The van der Waals surface area contributed by atoms with Crippen LogP contribution in [0.15, 0.2) is 13.4 Å². The van der Waals surface area contributed by atoms with Crippen molar-refractivity contribution < 1.29 is 18.3 Å². The molecule has 0 fully saturated rings. The largest absolute Gasteiger partial charge is 0.416 e. The highest BCUT2D eigenvalue weighted by Gasteiger charge is 2.39. The SMILES string of the molecule is Cc1c(Br)sc2c1c(=O)[nH]c(=O)n2CC(O)C(F)(F)F. The summed E-state index contributed by atoms with van der Waals surface area (Å²) in [4.78, 5) is 25.4. The number of nitrogens with zero attached hydrogens (tertiary/aromatic N) is 1. The average Bonchev–Trinajstić information content (AvgIpc) is 2.60. The standard InChI is InChI=1S/C10H8BrF3N2O3S/c1-3-5-7(18)15-9(19)16(8(5)20-6(3)11)2-4(17)10(12,13)14/h4,17H,2H2,1H3,(H,15,18,19). The summed E-state index contributed by atoms with van der Waals surface area (Å²) >= 11 is 4.14. The van der Waals surface area contributed by atoms with Gasteiger partial charge in [-0.1, -0.05) is 0 Å². The summed E-state index contributed by atoms with van der Waals surface area (Å²) in [6.07, 6.45) is -7.53. The first-order valence-corrected chi connectivity index (χ1v) is 6.90. The molecule has 1 unspecified atom stereocenters. The van der Waals surface area contributed by atoms with Gasteiger partial charge in [0.2, 0.25) is 0 Å². The summed E-state index contributed by atoms with van der Waals surface area (Å²) in [5.74, 6) is 0. The molecule has 0 saturated carbocycles. The van der Waals surface area contributed by atoms with Gasteiger partial charge in [0.1, 0.15) is 4.83 Å². The minimum absolute atomic E-state index is 0.0893. The lowest BCUT2D eigenvalue weighted by Gasteiger charge is -2.15. The van der Waals surface area contributed by atoms with Crippen LogP contribution in [0.2, 0.25) is 0 Å². The van der Waals surface area contributed by atoms with Crippen molar-refractivity contribution in [3.63, 3.8) is 0 Å². The van der Waals surface area contributed by atoms with Crippen LogP contribution in [0.5, 0.6) is 0 Å². The first kappa shape index (κ1) is 15.3. The third-order valence-electron chi connectivity index (χ3n) is 2.74. The second-order valence-electron chi connectivity index (χ2n) is 4.11. The predicted molar refractivity (Wildman–Crippen MR) is 71.2 cm³/mol. The molecule has 0 bridgehead atoms. The highest BCUT2D eigenvalue weighted by Crippen LogP contribution is 2.32. The maximum Gasteiger partial charge on any atom is 0.416 e. The van der Waals surface area contributed by atoms with Crippen LogP contribution in [-0.4, -0.2) is 26.9 Å². The molecule has 0 aliphatic rings. The Morgan fingerprint density at radius 1 is 1.45 bits per heavy atom. The Morgan fingerprint density at radius 2 is 2.05 bits per heavy atom. The van der Waals surface area contributed by atoms with Gasteiger partial charge < -0.3 is 5.11 Å². The van der Waals surface area contributed by atoms with Gasteiger partial charge in [0.15, 0.2) is 6.10 Å². The van der Waals surface area contributed by atoms with Gasteiger partial charge in [-0.15, -0.1) is 11.3 Å². The van der Waals surface area contributed by atoms with Crippen molar-refractivity contribution in [2.75, 3.05) is 0 Å². The van der Waals surface area contributed by atoms with Crippen molar-refractivity contribution >= 4 is 37.5 Å². The number of nitrogens with one attached hydrogen (secondary N) is 1. The van der Waals surface area contributed by atoms with Crippen molar-refractivity contribution in [2.45, 2.75) is 25.7 Å². The fraction of sp³-hybridized carbons (Fsp3) is 0.400. The van der Waals surface area contributed by atoms with Crippen LogP contribution in [0.3, 0.4) is 0 Å². The molecule has 2 aromatic heterocycles. The Bertz CT molecular complexity index is 777. The van der Waals surface area contributed by atoms with Crippen LogP contribution < -0.4 is 11.2 Å². The van der Waals surface area contributed by atoms with E-state index in [-0.39, 0.29) is 10.2 Å². The molecule has 10 heteroatoms. The van der Waals surface area contributed by atoms with E-state index < -0.39 is 30.1 Å². The Balaban J connectivity index is 2.68. The molecule has 110 valence electrons. The lowest BCUT2D eigenvalue weighted by molar-refractivity contribution is -0.207. The zero-order chi connectivity index (χ0) is 15.2. The molecule has 2 N–H and O–H groups in total. The van der Waals surface area contributed by atoms with Crippen LogP contribution >= 0.6 is 27.3 Å². The normalized spacial score (nSPS) is 13.9. The second kappa shape index (κ2) is 5.01. The molecule has 5 nitrogen and oxygen atoms in total. The van der Waals surface area contributed by atoms with Crippen molar-refractivity contribution in [1.82, 2.24) is 9.55 Å². The van der Waals surface area contributed by atoms with Crippen LogP contribution in [0.4, 0.5) is 13.2 Å². The second-order valence-corrected chi connectivity index (χ2v) is 6.43.